The second-order valence-electron chi connectivity index (χ2n) is 5.44. The topological polar surface area (TPSA) is 75.6 Å². The molecule has 1 atom stereocenters. The number of hydrogen-bond acceptors (Lipinski definition) is 4. The lowest BCUT2D eigenvalue weighted by Gasteiger charge is -2.16. The first kappa shape index (κ1) is 19.3. The van der Waals surface area contributed by atoms with Crippen LogP contribution in [0, 0.1) is 11.7 Å². The second kappa shape index (κ2) is 10.1. The van der Waals surface area contributed by atoms with Crippen LogP contribution in [0.3, 0.4) is 0 Å². The Bertz CT molecular complexity index is 507. The van der Waals surface area contributed by atoms with E-state index in [-0.39, 0.29) is 24.0 Å². The van der Waals surface area contributed by atoms with Crippen molar-refractivity contribution in [3.63, 3.8) is 0 Å². The number of benzene rings is 1. The lowest BCUT2D eigenvalue weighted by atomic mass is 10.2. The fourth-order valence-corrected chi connectivity index (χ4v) is 2.67. The van der Waals surface area contributed by atoms with E-state index in [9.17, 15) is 14.0 Å². The minimum atomic E-state index is -1.22. The van der Waals surface area contributed by atoms with Crippen molar-refractivity contribution in [1.29, 1.82) is 0 Å². The molecule has 0 saturated carbocycles. The van der Waals surface area contributed by atoms with Crippen LogP contribution in [0.1, 0.15) is 20.3 Å². The van der Waals surface area contributed by atoms with Crippen molar-refractivity contribution in [2.24, 2.45) is 5.92 Å². The quantitative estimate of drug-likeness (QED) is 0.639. The van der Waals surface area contributed by atoms with Crippen molar-refractivity contribution in [2.75, 3.05) is 18.1 Å². The van der Waals surface area contributed by atoms with Gasteiger partial charge in [-0.25, -0.2) is 9.18 Å². The smallest absolute Gasteiger partial charge is 0.346 e. The third-order valence-electron chi connectivity index (χ3n) is 2.92. The summed E-state index contributed by atoms with van der Waals surface area (Å²) in [4.78, 5) is 22.8. The highest BCUT2D eigenvalue weighted by Gasteiger charge is 2.20. The number of halogens is 1. The molecule has 0 aliphatic rings. The van der Waals surface area contributed by atoms with Crippen molar-refractivity contribution in [3.05, 3.63) is 30.1 Å². The number of carbonyl (C=O) groups is 2. The zero-order valence-corrected chi connectivity index (χ0v) is 14.1. The molecular formula is C16H22FNO4S. The summed E-state index contributed by atoms with van der Waals surface area (Å²) >= 11 is 1.51. The molecule has 0 aliphatic carbocycles. The molecule has 5 nitrogen and oxygen atoms in total. The van der Waals surface area contributed by atoms with Gasteiger partial charge < -0.3 is 15.2 Å². The Morgan fingerprint density at radius 1 is 1.30 bits per heavy atom. The largest absolute Gasteiger partial charge is 0.478 e. The molecule has 0 bridgehead atoms. The highest BCUT2D eigenvalue weighted by Crippen LogP contribution is 2.13. The molecule has 23 heavy (non-hydrogen) atoms. The fraction of sp³-hybridized carbons (Fsp3) is 0.500. The fourth-order valence-electron chi connectivity index (χ4n) is 1.60. The maximum absolute atomic E-state index is 12.8. The maximum atomic E-state index is 12.8. The number of amides is 1. The number of aliphatic carboxylic acids is 1. The van der Waals surface area contributed by atoms with Gasteiger partial charge in [0.15, 0.2) is 0 Å². The van der Waals surface area contributed by atoms with Gasteiger partial charge in [0, 0.05) is 0 Å². The third kappa shape index (κ3) is 8.44. The van der Waals surface area contributed by atoms with Gasteiger partial charge in [-0.05, 0) is 42.4 Å². The molecule has 0 radical (unpaired) electrons. The Kier molecular flexibility index (Phi) is 8.47. The van der Waals surface area contributed by atoms with Gasteiger partial charge in [0.05, 0.1) is 12.3 Å². The standard InChI is InChI=1S/C16H22FNO4S/c1-11(2)7-8-23-10-15(19)18-9-14(16(20)21)22-13-5-3-12(17)4-6-13/h3-6,11,14H,7-10H2,1-2H3,(H,18,19)(H,20,21). The molecular weight excluding hydrogens is 321 g/mol. The van der Waals surface area contributed by atoms with Gasteiger partial charge in [-0.2, -0.15) is 11.8 Å². The molecule has 0 fully saturated rings. The first-order chi connectivity index (χ1) is 10.9. The molecule has 0 spiro atoms. The molecule has 0 aliphatic heterocycles. The number of nitrogens with one attached hydrogen (secondary N) is 1. The summed E-state index contributed by atoms with van der Waals surface area (Å²) < 4.78 is 18.1. The number of thioether (sulfide) groups is 1. The minimum Gasteiger partial charge on any atom is -0.478 e. The van der Waals surface area contributed by atoms with E-state index in [1.807, 2.05) is 0 Å². The van der Waals surface area contributed by atoms with E-state index < -0.39 is 17.9 Å². The molecule has 1 amide bonds. The average Bonchev–Trinajstić information content (AvgIpc) is 2.49. The molecule has 2 N–H and O–H groups in total. The highest BCUT2D eigenvalue weighted by atomic mass is 32.2. The van der Waals surface area contributed by atoms with Gasteiger partial charge in [0.25, 0.3) is 0 Å². The van der Waals surface area contributed by atoms with E-state index in [1.54, 1.807) is 0 Å². The van der Waals surface area contributed by atoms with Crippen molar-refractivity contribution in [1.82, 2.24) is 5.32 Å². The van der Waals surface area contributed by atoms with Crippen LogP contribution < -0.4 is 10.1 Å². The minimum absolute atomic E-state index is 0.143. The Morgan fingerprint density at radius 3 is 2.52 bits per heavy atom. The molecule has 1 aromatic carbocycles. The number of ether oxygens (including phenoxy) is 1. The predicted molar refractivity (Wildman–Crippen MR) is 88.2 cm³/mol. The molecule has 1 unspecified atom stereocenters. The lowest BCUT2D eigenvalue weighted by molar-refractivity contribution is -0.145. The maximum Gasteiger partial charge on any atom is 0.346 e. The van der Waals surface area contributed by atoms with Crippen LogP contribution in [0.4, 0.5) is 4.39 Å². The van der Waals surface area contributed by atoms with Crippen LogP contribution in [-0.2, 0) is 9.59 Å². The van der Waals surface area contributed by atoms with E-state index in [2.05, 4.69) is 19.2 Å². The molecule has 128 valence electrons. The van der Waals surface area contributed by atoms with E-state index in [0.717, 1.165) is 12.2 Å². The SMILES string of the molecule is CC(C)CCSCC(=O)NCC(Oc1ccc(F)cc1)C(=O)O. The van der Waals surface area contributed by atoms with Gasteiger partial charge in [-0.3, -0.25) is 4.79 Å². The summed E-state index contributed by atoms with van der Waals surface area (Å²) in [5, 5.41) is 11.7. The van der Waals surface area contributed by atoms with Gasteiger partial charge in [-0.15, -0.1) is 0 Å². The normalized spacial score (nSPS) is 12.0. The van der Waals surface area contributed by atoms with Gasteiger partial charge in [-0.1, -0.05) is 13.8 Å². The third-order valence-corrected chi connectivity index (χ3v) is 3.92. The summed E-state index contributed by atoms with van der Waals surface area (Å²) in [5.74, 6) is 0.144. The number of carboxylic acids is 1. The van der Waals surface area contributed by atoms with Crippen molar-refractivity contribution in [3.8, 4) is 5.75 Å². The van der Waals surface area contributed by atoms with E-state index in [0.29, 0.717) is 5.92 Å². The summed E-state index contributed by atoms with van der Waals surface area (Å²) in [5.41, 5.74) is 0. The summed E-state index contributed by atoms with van der Waals surface area (Å²) in [6, 6.07) is 5.04. The van der Waals surface area contributed by atoms with Crippen LogP contribution in [0.25, 0.3) is 0 Å². The molecule has 0 saturated heterocycles. The number of carboxylic acid groups (broad SMARTS) is 1. The molecule has 0 heterocycles. The molecule has 0 aromatic heterocycles. The summed E-state index contributed by atoms with van der Waals surface area (Å²) in [6.07, 6.45) is -0.186. The Labute approximate surface area is 139 Å². The van der Waals surface area contributed by atoms with E-state index in [4.69, 9.17) is 9.84 Å². The molecule has 7 heteroatoms. The Hall–Kier alpha value is -1.76. The van der Waals surface area contributed by atoms with Crippen molar-refractivity contribution < 1.29 is 23.8 Å². The van der Waals surface area contributed by atoms with Crippen molar-refractivity contribution >= 4 is 23.6 Å². The van der Waals surface area contributed by atoms with E-state index >= 15 is 0 Å². The van der Waals surface area contributed by atoms with Gasteiger partial charge in [0.1, 0.15) is 11.6 Å². The summed E-state index contributed by atoms with van der Waals surface area (Å²) in [7, 11) is 0. The first-order valence-electron chi connectivity index (χ1n) is 7.38. The lowest BCUT2D eigenvalue weighted by Crippen LogP contribution is -2.41. The molecule has 1 rings (SSSR count). The van der Waals surface area contributed by atoms with Crippen LogP contribution in [0.5, 0.6) is 5.75 Å². The zero-order chi connectivity index (χ0) is 17.2. The first-order valence-corrected chi connectivity index (χ1v) is 8.53. The van der Waals surface area contributed by atoms with Crippen LogP contribution in [-0.4, -0.2) is 41.1 Å². The van der Waals surface area contributed by atoms with Crippen molar-refractivity contribution in [2.45, 2.75) is 26.4 Å². The van der Waals surface area contributed by atoms with Gasteiger partial charge >= 0.3 is 5.97 Å². The van der Waals surface area contributed by atoms with Crippen LogP contribution >= 0.6 is 11.8 Å². The second-order valence-corrected chi connectivity index (χ2v) is 6.54. The number of hydrogen-bond donors (Lipinski definition) is 2. The highest BCUT2D eigenvalue weighted by molar-refractivity contribution is 7.99. The Morgan fingerprint density at radius 2 is 1.96 bits per heavy atom. The number of carbonyl (C=O) groups excluding carboxylic acids is 1. The monoisotopic (exact) mass is 343 g/mol. The number of rotatable bonds is 10. The summed E-state index contributed by atoms with van der Waals surface area (Å²) in [6.45, 7) is 4.09. The Balaban J connectivity index is 2.37. The van der Waals surface area contributed by atoms with Gasteiger partial charge in [0.2, 0.25) is 12.0 Å². The molecule has 1 aromatic rings. The van der Waals surface area contributed by atoms with Crippen LogP contribution in [0.2, 0.25) is 0 Å². The predicted octanol–water partition coefficient (Wildman–Crippen LogP) is 2.55. The van der Waals surface area contributed by atoms with E-state index in [1.165, 1.54) is 36.0 Å². The average molecular weight is 343 g/mol. The zero-order valence-electron chi connectivity index (χ0n) is 13.3. The van der Waals surface area contributed by atoms with Crippen LogP contribution in [0.15, 0.2) is 24.3 Å².